The summed E-state index contributed by atoms with van der Waals surface area (Å²) in [6.45, 7) is 2.34. The fourth-order valence-corrected chi connectivity index (χ4v) is 5.67. The molecule has 0 bridgehead atoms. The standard InChI is InChI=1S/C28H32FN3O3S/c1-35-21-6-7-25-23(16-21)27(20(18-30)19-31-25)24(29)8-9-28(17-26(33)34)10-13-32(14-11-28)12-2-4-22-5-3-15-36-22/h3,5-7,15-16,19,24H,8-14,17-18,30H2,1H3,(H,33,34). The Labute approximate surface area is 215 Å². The van der Waals surface area contributed by atoms with Gasteiger partial charge in [-0.2, -0.15) is 0 Å². The number of rotatable bonds is 9. The molecular formula is C28H32FN3O3S. The van der Waals surface area contributed by atoms with E-state index in [0.717, 1.165) is 18.0 Å². The highest BCUT2D eigenvalue weighted by Crippen LogP contribution is 2.43. The van der Waals surface area contributed by atoms with Crippen LogP contribution in [0.15, 0.2) is 41.9 Å². The van der Waals surface area contributed by atoms with Gasteiger partial charge in [-0.25, -0.2) is 4.39 Å². The highest BCUT2D eigenvalue weighted by atomic mass is 32.1. The van der Waals surface area contributed by atoms with Crippen molar-refractivity contribution in [1.82, 2.24) is 9.88 Å². The largest absolute Gasteiger partial charge is 0.497 e. The first kappa shape index (κ1) is 26.1. The summed E-state index contributed by atoms with van der Waals surface area (Å²) in [7, 11) is 1.57. The van der Waals surface area contributed by atoms with E-state index in [1.165, 1.54) is 0 Å². The second kappa shape index (κ2) is 11.8. The molecule has 1 fully saturated rings. The molecule has 1 unspecified atom stereocenters. The maximum absolute atomic E-state index is 15.9. The molecule has 3 N–H and O–H groups in total. The number of aliphatic carboxylic acids is 1. The summed E-state index contributed by atoms with van der Waals surface area (Å²) < 4.78 is 21.2. The van der Waals surface area contributed by atoms with Crippen molar-refractivity contribution in [3.63, 3.8) is 0 Å². The van der Waals surface area contributed by atoms with E-state index in [-0.39, 0.29) is 19.4 Å². The van der Waals surface area contributed by atoms with Gasteiger partial charge in [-0.15, -0.1) is 11.3 Å². The third-order valence-electron chi connectivity index (χ3n) is 7.14. The predicted octanol–water partition coefficient (Wildman–Crippen LogP) is 5.16. The summed E-state index contributed by atoms with van der Waals surface area (Å²) in [4.78, 5) is 19.5. The van der Waals surface area contributed by atoms with Gasteiger partial charge in [0.05, 0.1) is 30.5 Å². The SMILES string of the molecule is COc1ccc2ncc(CN)c(C(F)CCC3(CC(=O)O)CCN(CC#Cc4cccs4)CC3)c2c1. The molecule has 1 atom stereocenters. The van der Waals surface area contributed by atoms with Crippen molar-refractivity contribution in [2.24, 2.45) is 11.1 Å². The second-order valence-electron chi connectivity index (χ2n) is 9.42. The first-order valence-corrected chi connectivity index (χ1v) is 13.1. The number of nitrogens with two attached hydrogens (primary N) is 1. The lowest BCUT2D eigenvalue weighted by Gasteiger charge is -2.41. The van der Waals surface area contributed by atoms with Gasteiger partial charge >= 0.3 is 5.97 Å². The summed E-state index contributed by atoms with van der Waals surface area (Å²) in [5.41, 5.74) is 7.38. The van der Waals surface area contributed by atoms with Gasteiger partial charge in [-0.1, -0.05) is 17.9 Å². The number of carbonyl (C=O) groups is 1. The molecule has 6 nitrogen and oxygen atoms in total. The zero-order valence-electron chi connectivity index (χ0n) is 20.5. The van der Waals surface area contributed by atoms with Crippen molar-refractivity contribution in [2.45, 2.75) is 44.8 Å². The highest BCUT2D eigenvalue weighted by molar-refractivity contribution is 7.10. The third kappa shape index (κ3) is 6.22. The third-order valence-corrected chi connectivity index (χ3v) is 7.92. The number of likely N-dealkylation sites (tertiary alicyclic amines) is 1. The molecule has 2 aromatic heterocycles. The van der Waals surface area contributed by atoms with Gasteiger partial charge in [-0.05, 0) is 79.4 Å². The van der Waals surface area contributed by atoms with Gasteiger partial charge in [0.25, 0.3) is 0 Å². The number of nitrogens with zero attached hydrogens (tertiary/aromatic N) is 2. The summed E-state index contributed by atoms with van der Waals surface area (Å²) in [6, 6.07) is 9.39. The van der Waals surface area contributed by atoms with Crippen LogP contribution in [0.1, 0.15) is 54.3 Å². The number of carboxylic acids is 1. The number of hydrogen-bond acceptors (Lipinski definition) is 6. The average Bonchev–Trinajstić information content (AvgIpc) is 3.40. The lowest BCUT2D eigenvalue weighted by Crippen LogP contribution is -2.41. The monoisotopic (exact) mass is 509 g/mol. The lowest BCUT2D eigenvalue weighted by molar-refractivity contribution is -0.141. The molecule has 4 rings (SSSR count). The van der Waals surface area contributed by atoms with Gasteiger partial charge in [-0.3, -0.25) is 14.7 Å². The molecule has 190 valence electrons. The number of benzene rings is 1. The number of piperidine rings is 1. The molecule has 0 radical (unpaired) electrons. The van der Waals surface area contributed by atoms with Gasteiger partial charge < -0.3 is 15.6 Å². The molecule has 1 saturated heterocycles. The second-order valence-corrected chi connectivity index (χ2v) is 10.4. The summed E-state index contributed by atoms with van der Waals surface area (Å²) in [6.07, 6.45) is 2.55. The number of ether oxygens (including phenoxy) is 1. The van der Waals surface area contributed by atoms with E-state index in [1.807, 2.05) is 23.6 Å². The van der Waals surface area contributed by atoms with E-state index in [1.54, 1.807) is 36.8 Å². The zero-order valence-corrected chi connectivity index (χ0v) is 21.3. The molecule has 3 aromatic rings. The van der Waals surface area contributed by atoms with Crippen LogP contribution in [0, 0.1) is 17.3 Å². The van der Waals surface area contributed by atoms with E-state index < -0.39 is 17.6 Å². The number of halogens is 1. The maximum Gasteiger partial charge on any atom is 0.303 e. The number of alkyl halides is 1. The fraction of sp³-hybridized carbons (Fsp3) is 0.429. The number of aromatic nitrogens is 1. The van der Waals surface area contributed by atoms with Gasteiger partial charge in [0.15, 0.2) is 0 Å². The molecular weight excluding hydrogens is 477 g/mol. The van der Waals surface area contributed by atoms with E-state index in [4.69, 9.17) is 10.5 Å². The van der Waals surface area contributed by atoms with Crippen molar-refractivity contribution in [1.29, 1.82) is 0 Å². The molecule has 1 aliphatic rings. The van der Waals surface area contributed by atoms with Gasteiger partial charge in [0.2, 0.25) is 0 Å². The lowest BCUT2D eigenvalue weighted by atomic mass is 9.71. The number of pyridine rings is 1. The van der Waals surface area contributed by atoms with Crippen molar-refractivity contribution in [3.8, 4) is 17.6 Å². The van der Waals surface area contributed by atoms with Crippen molar-refractivity contribution in [2.75, 3.05) is 26.7 Å². The minimum Gasteiger partial charge on any atom is -0.497 e. The zero-order chi connectivity index (χ0) is 25.5. The topological polar surface area (TPSA) is 88.7 Å². The Balaban J connectivity index is 1.47. The van der Waals surface area contributed by atoms with Crippen LogP contribution in [-0.2, 0) is 11.3 Å². The Hall–Kier alpha value is -2.99. The summed E-state index contributed by atoms with van der Waals surface area (Å²) in [5, 5.41) is 12.3. The van der Waals surface area contributed by atoms with E-state index in [9.17, 15) is 9.90 Å². The molecule has 0 saturated carbocycles. The molecule has 36 heavy (non-hydrogen) atoms. The van der Waals surface area contributed by atoms with Crippen LogP contribution in [0.5, 0.6) is 5.75 Å². The van der Waals surface area contributed by atoms with E-state index in [0.29, 0.717) is 53.6 Å². The molecule has 1 aromatic carbocycles. The van der Waals surface area contributed by atoms with Crippen LogP contribution in [0.2, 0.25) is 0 Å². The Kier molecular flexibility index (Phi) is 8.57. The smallest absolute Gasteiger partial charge is 0.303 e. The van der Waals surface area contributed by atoms with Gasteiger partial charge in [0, 0.05) is 23.7 Å². The number of fused-ring (bicyclic) bond motifs is 1. The Morgan fingerprint density at radius 2 is 2.17 bits per heavy atom. The van der Waals surface area contributed by atoms with Gasteiger partial charge in [0.1, 0.15) is 11.9 Å². The van der Waals surface area contributed by atoms with Crippen LogP contribution in [0.25, 0.3) is 10.9 Å². The summed E-state index contributed by atoms with van der Waals surface area (Å²) in [5.74, 6) is 6.19. The number of methoxy groups -OCH3 is 1. The van der Waals surface area contributed by atoms with Crippen LogP contribution >= 0.6 is 11.3 Å². The molecule has 0 aliphatic carbocycles. The minimum absolute atomic E-state index is 0.0447. The van der Waals surface area contributed by atoms with Crippen LogP contribution < -0.4 is 10.5 Å². The van der Waals surface area contributed by atoms with Crippen LogP contribution in [-0.4, -0.2) is 47.7 Å². The Morgan fingerprint density at radius 3 is 2.83 bits per heavy atom. The maximum atomic E-state index is 15.9. The molecule has 1 aliphatic heterocycles. The molecule has 3 heterocycles. The van der Waals surface area contributed by atoms with E-state index in [2.05, 4.69) is 21.7 Å². The Morgan fingerprint density at radius 1 is 1.36 bits per heavy atom. The molecule has 8 heteroatoms. The quantitative estimate of drug-likeness (QED) is 0.387. The minimum atomic E-state index is -1.28. The van der Waals surface area contributed by atoms with E-state index >= 15 is 4.39 Å². The normalized spacial score (nSPS) is 16.3. The van der Waals surface area contributed by atoms with Crippen molar-refractivity contribution < 1.29 is 19.0 Å². The summed E-state index contributed by atoms with van der Waals surface area (Å²) >= 11 is 1.62. The number of thiophene rings is 1. The Bertz CT molecular complexity index is 1240. The molecule has 0 spiro atoms. The first-order chi connectivity index (χ1) is 17.4. The predicted molar refractivity (Wildman–Crippen MR) is 141 cm³/mol. The fourth-order valence-electron chi connectivity index (χ4n) is 5.08. The number of hydrogen-bond donors (Lipinski definition) is 2. The number of carboxylic acid groups (broad SMARTS) is 1. The van der Waals surface area contributed by atoms with Crippen molar-refractivity contribution in [3.05, 3.63) is 57.9 Å². The molecule has 0 amide bonds. The highest BCUT2D eigenvalue weighted by Gasteiger charge is 2.37. The van der Waals surface area contributed by atoms with Crippen LogP contribution in [0.4, 0.5) is 4.39 Å². The first-order valence-electron chi connectivity index (χ1n) is 12.2. The van der Waals surface area contributed by atoms with Crippen molar-refractivity contribution >= 4 is 28.2 Å². The average molecular weight is 510 g/mol. The van der Waals surface area contributed by atoms with Crippen LogP contribution in [0.3, 0.4) is 0 Å².